The van der Waals surface area contributed by atoms with Gasteiger partial charge in [-0.3, -0.25) is 9.59 Å². The Bertz CT molecular complexity index is 418. The zero-order chi connectivity index (χ0) is 13.0. The van der Waals surface area contributed by atoms with Gasteiger partial charge in [-0.25, -0.2) is 4.68 Å². The Morgan fingerprint density at radius 2 is 2.44 bits per heavy atom. The van der Waals surface area contributed by atoms with Crippen LogP contribution in [0.3, 0.4) is 0 Å². The van der Waals surface area contributed by atoms with E-state index in [1.807, 2.05) is 0 Å². The standard InChI is InChI=1S/C11H16N4O3/c1-18-10(16)4-7-14-6-2-3-9(11(14)17)15-8-5-12-13-15/h5,8-9H,2-4,6-7H2,1H3. The summed E-state index contributed by atoms with van der Waals surface area (Å²) >= 11 is 0. The topological polar surface area (TPSA) is 77.3 Å². The monoisotopic (exact) mass is 252 g/mol. The van der Waals surface area contributed by atoms with Crippen molar-refractivity contribution in [3.8, 4) is 0 Å². The van der Waals surface area contributed by atoms with Gasteiger partial charge in [-0.2, -0.15) is 0 Å². The lowest BCUT2D eigenvalue weighted by molar-refractivity contribution is -0.143. The Labute approximate surface area is 105 Å². The van der Waals surface area contributed by atoms with Crippen molar-refractivity contribution in [3.05, 3.63) is 12.4 Å². The van der Waals surface area contributed by atoms with E-state index in [1.165, 1.54) is 7.11 Å². The minimum atomic E-state index is -0.300. The van der Waals surface area contributed by atoms with E-state index in [0.29, 0.717) is 13.1 Å². The summed E-state index contributed by atoms with van der Waals surface area (Å²) < 4.78 is 6.15. The molecule has 0 saturated carbocycles. The first-order valence-electron chi connectivity index (χ1n) is 5.94. The van der Waals surface area contributed by atoms with Crippen molar-refractivity contribution in [1.29, 1.82) is 0 Å². The molecule has 0 aromatic carbocycles. The normalized spacial score (nSPS) is 19.9. The molecule has 1 atom stereocenters. The van der Waals surface area contributed by atoms with Crippen LogP contribution in [0.5, 0.6) is 0 Å². The van der Waals surface area contributed by atoms with Gasteiger partial charge in [0, 0.05) is 19.3 Å². The van der Waals surface area contributed by atoms with E-state index in [0.717, 1.165) is 12.8 Å². The smallest absolute Gasteiger partial charge is 0.307 e. The third-order valence-electron chi connectivity index (χ3n) is 3.08. The molecule has 1 aliphatic rings. The predicted octanol–water partition coefficient (Wildman–Crippen LogP) is 0.00470. The molecule has 7 heteroatoms. The number of carbonyl (C=O) groups excluding carboxylic acids is 2. The molecule has 0 bridgehead atoms. The second kappa shape index (κ2) is 5.61. The fraction of sp³-hybridized carbons (Fsp3) is 0.636. The molecule has 2 rings (SSSR count). The number of methoxy groups -OCH3 is 1. The van der Waals surface area contributed by atoms with E-state index in [2.05, 4.69) is 15.0 Å². The van der Waals surface area contributed by atoms with Crippen molar-refractivity contribution in [1.82, 2.24) is 19.9 Å². The van der Waals surface area contributed by atoms with Crippen LogP contribution in [0.1, 0.15) is 25.3 Å². The molecule has 18 heavy (non-hydrogen) atoms. The van der Waals surface area contributed by atoms with Gasteiger partial charge in [-0.1, -0.05) is 5.21 Å². The molecule has 1 aromatic heterocycles. The summed E-state index contributed by atoms with van der Waals surface area (Å²) in [5.41, 5.74) is 0. The lowest BCUT2D eigenvalue weighted by Gasteiger charge is -2.31. The Morgan fingerprint density at radius 3 is 3.11 bits per heavy atom. The molecular formula is C11H16N4O3. The number of aromatic nitrogens is 3. The van der Waals surface area contributed by atoms with E-state index in [9.17, 15) is 9.59 Å². The fourth-order valence-electron chi connectivity index (χ4n) is 2.10. The third-order valence-corrected chi connectivity index (χ3v) is 3.08. The van der Waals surface area contributed by atoms with Gasteiger partial charge < -0.3 is 9.64 Å². The van der Waals surface area contributed by atoms with E-state index in [4.69, 9.17) is 0 Å². The first kappa shape index (κ1) is 12.5. The van der Waals surface area contributed by atoms with Crippen molar-refractivity contribution in [3.63, 3.8) is 0 Å². The van der Waals surface area contributed by atoms with Gasteiger partial charge in [0.1, 0.15) is 6.04 Å². The van der Waals surface area contributed by atoms with Gasteiger partial charge in [-0.15, -0.1) is 5.10 Å². The molecule has 1 saturated heterocycles. The maximum Gasteiger partial charge on any atom is 0.307 e. The number of amides is 1. The van der Waals surface area contributed by atoms with Crippen molar-refractivity contribution in [2.45, 2.75) is 25.3 Å². The highest BCUT2D eigenvalue weighted by atomic mass is 16.5. The third kappa shape index (κ3) is 2.66. The number of ether oxygens (including phenoxy) is 1. The van der Waals surface area contributed by atoms with Crippen LogP contribution < -0.4 is 0 Å². The lowest BCUT2D eigenvalue weighted by Crippen LogP contribution is -2.43. The van der Waals surface area contributed by atoms with E-state index >= 15 is 0 Å². The average molecular weight is 252 g/mol. The van der Waals surface area contributed by atoms with Crippen LogP contribution in [0.4, 0.5) is 0 Å². The van der Waals surface area contributed by atoms with Crippen molar-refractivity contribution < 1.29 is 14.3 Å². The summed E-state index contributed by atoms with van der Waals surface area (Å²) in [7, 11) is 1.35. The van der Waals surface area contributed by atoms with Gasteiger partial charge in [0.05, 0.1) is 19.7 Å². The molecule has 1 aliphatic heterocycles. The Hall–Kier alpha value is -1.92. The molecular weight excluding hydrogens is 236 g/mol. The number of hydrogen-bond acceptors (Lipinski definition) is 5. The van der Waals surface area contributed by atoms with Crippen LogP contribution >= 0.6 is 0 Å². The van der Waals surface area contributed by atoms with Crippen LogP contribution in [-0.2, 0) is 14.3 Å². The van der Waals surface area contributed by atoms with Crippen LogP contribution in [0.25, 0.3) is 0 Å². The molecule has 1 unspecified atom stereocenters. The highest BCUT2D eigenvalue weighted by Crippen LogP contribution is 2.21. The Balaban J connectivity index is 1.97. The molecule has 1 aromatic rings. The number of rotatable bonds is 4. The summed E-state index contributed by atoms with van der Waals surface area (Å²) in [6.07, 6.45) is 5.13. The van der Waals surface area contributed by atoms with E-state index in [1.54, 1.807) is 22.0 Å². The van der Waals surface area contributed by atoms with Gasteiger partial charge in [0.25, 0.3) is 0 Å². The van der Waals surface area contributed by atoms with E-state index < -0.39 is 0 Å². The second-order valence-corrected chi connectivity index (χ2v) is 4.19. The number of nitrogens with zero attached hydrogens (tertiary/aromatic N) is 4. The first-order valence-corrected chi connectivity index (χ1v) is 5.94. The number of carbonyl (C=O) groups is 2. The molecule has 2 heterocycles. The average Bonchev–Trinajstić information content (AvgIpc) is 2.91. The van der Waals surface area contributed by atoms with Gasteiger partial charge in [0.2, 0.25) is 5.91 Å². The van der Waals surface area contributed by atoms with Crippen molar-refractivity contribution in [2.24, 2.45) is 0 Å². The molecule has 0 radical (unpaired) electrons. The number of piperidine rings is 1. The lowest BCUT2D eigenvalue weighted by atomic mass is 10.0. The first-order chi connectivity index (χ1) is 8.72. The van der Waals surface area contributed by atoms with Crippen LogP contribution in [0.15, 0.2) is 12.4 Å². The van der Waals surface area contributed by atoms with Crippen LogP contribution in [0.2, 0.25) is 0 Å². The molecule has 1 fully saturated rings. The highest BCUT2D eigenvalue weighted by molar-refractivity contribution is 5.81. The Morgan fingerprint density at radius 1 is 1.61 bits per heavy atom. The zero-order valence-corrected chi connectivity index (χ0v) is 10.3. The van der Waals surface area contributed by atoms with Crippen LogP contribution in [-0.4, -0.2) is 52.0 Å². The maximum atomic E-state index is 12.2. The molecule has 7 nitrogen and oxygen atoms in total. The molecule has 0 spiro atoms. The second-order valence-electron chi connectivity index (χ2n) is 4.19. The molecule has 98 valence electrons. The highest BCUT2D eigenvalue weighted by Gasteiger charge is 2.30. The number of esters is 1. The van der Waals surface area contributed by atoms with Crippen molar-refractivity contribution in [2.75, 3.05) is 20.2 Å². The quantitative estimate of drug-likeness (QED) is 0.705. The van der Waals surface area contributed by atoms with Gasteiger partial charge in [-0.05, 0) is 12.8 Å². The molecule has 0 N–H and O–H groups in total. The van der Waals surface area contributed by atoms with Crippen molar-refractivity contribution >= 4 is 11.9 Å². The van der Waals surface area contributed by atoms with E-state index in [-0.39, 0.29) is 24.3 Å². The number of likely N-dealkylation sites (tertiary alicyclic amines) is 1. The van der Waals surface area contributed by atoms with Gasteiger partial charge >= 0.3 is 5.97 Å². The molecule has 0 aliphatic carbocycles. The zero-order valence-electron chi connectivity index (χ0n) is 10.3. The SMILES string of the molecule is COC(=O)CCN1CCCC(n2ccnn2)C1=O. The minimum absolute atomic E-state index is 0.00402. The Kier molecular flexibility index (Phi) is 3.91. The summed E-state index contributed by atoms with van der Waals surface area (Å²) in [4.78, 5) is 25.0. The maximum absolute atomic E-state index is 12.2. The summed E-state index contributed by atoms with van der Waals surface area (Å²) in [5, 5.41) is 7.58. The minimum Gasteiger partial charge on any atom is -0.469 e. The van der Waals surface area contributed by atoms with Gasteiger partial charge in [0.15, 0.2) is 0 Å². The predicted molar refractivity (Wildman–Crippen MR) is 61.5 cm³/mol. The summed E-state index contributed by atoms with van der Waals surface area (Å²) in [5.74, 6) is -0.304. The number of hydrogen-bond donors (Lipinski definition) is 0. The largest absolute Gasteiger partial charge is 0.469 e. The summed E-state index contributed by atoms with van der Waals surface area (Å²) in [6, 6.07) is -0.293. The van der Waals surface area contributed by atoms with Crippen LogP contribution in [0, 0.1) is 0 Å². The fourth-order valence-corrected chi connectivity index (χ4v) is 2.10. The summed E-state index contributed by atoms with van der Waals surface area (Å²) in [6.45, 7) is 1.08. The molecule has 1 amide bonds.